The van der Waals surface area contributed by atoms with Crippen molar-refractivity contribution in [3.8, 4) is 23.0 Å². The van der Waals surface area contributed by atoms with Crippen molar-refractivity contribution in [2.75, 3.05) is 0 Å². The molecule has 0 spiro atoms. The van der Waals surface area contributed by atoms with Gasteiger partial charge in [0.1, 0.15) is 34.2 Å². The van der Waals surface area contributed by atoms with Crippen LogP contribution >= 0.6 is 0 Å². The summed E-state index contributed by atoms with van der Waals surface area (Å²) in [5.41, 5.74) is 0.906. The Balaban J connectivity index is 2.04. The maximum Gasteiger partial charge on any atom is 0.204 e. The van der Waals surface area contributed by atoms with Gasteiger partial charge in [0.05, 0.1) is 5.39 Å². The van der Waals surface area contributed by atoms with Crippen LogP contribution in [-0.4, -0.2) is 21.9 Å². The summed E-state index contributed by atoms with van der Waals surface area (Å²) in [6.45, 7) is 10.1. The fourth-order valence-electron chi connectivity index (χ4n) is 4.46. The predicted octanol–water partition coefficient (Wildman–Crippen LogP) is 4.52. The molecule has 29 heavy (non-hydrogen) atoms. The molecule has 3 heterocycles. The smallest absolute Gasteiger partial charge is 0.204 e. The van der Waals surface area contributed by atoms with Crippen LogP contribution in [0.5, 0.6) is 23.0 Å². The van der Waals surface area contributed by atoms with Crippen molar-refractivity contribution in [2.45, 2.75) is 64.6 Å². The molecule has 3 aromatic rings. The third-order valence-corrected chi connectivity index (χ3v) is 6.55. The quantitative estimate of drug-likeness (QED) is 0.429. The average Bonchev–Trinajstić information content (AvgIpc) is 2.87. The number of benzene rings is 2. The van der Waals surface area contributed by atoms with E-state index < -0.39 is 16.8 Å². The monoisotopic (exact) mass is 396 g/mol. The molecule has 152 valence electrons. The highest BCUT2D eigenvalue weighted by atomic mass is 16.5. The van der Waals surface area contributed by atoms with E-state index in [9.17, 15) is 15.0 Å². The van der Waals surface area contributed by atoms with Gasteiger partial charge < -0.3 is 24.1 Å². The second-order valence-electron chi connectivity index (χ2n) is 9.30. The molecule has 2 aromatic carbocycles. The molecule has 2 aliphatic rings. The molecule has 0 fully saturated rings. The van der Waals surface area contributed by atoms with Gasteiger partial charge in [-0.25, -0.2) is 0 Å². The number of aromatic hydroxyl groups is 2. The van der Waals surface area contributed by atoms with Crippen LogP contribution in [0.25, 0.3) is 21.9 Å². The topological polar surface area (TPSA) is 89.1 Å². The normalized spacial score (nSPS) is 21.5. The lowest BCUT2D eigenvalue weighted by Crippen LogP contribution is -2.33. The van der Waals surface area contributed by atoms with Crippen molar-refractivity contribution in [3.05, 3.63) is 33.5 Å². The first-order chi connectivity index (χ1) is 13.5. The van der Waals surface area contributed by atoms with Gasteiger partial charge in [-0.05, 0) is 45.7 Å². The zero-order valence-electron chi connectivity index (χ0n) is 17.2. The summed E-state index contributed by atoms with van der Waals surface area (Å²) in [5, 5.41) is 20.8. The third-order valence-electron chi connectivity index (χ3n) is 6.55. The van der Waals surface area contributed by atoms with Gasteiger partial charge in [0.15, 0.2) is 11.3 Å². The van der Waals surface area contributed by atoms with Crippen LogP contribution in [0.1, 0.15) is 52.2 Å². The molecule has 0 saturated carbocycles. The van der Waals surface area contributed by atoms with E-state index in [1.165, 1.54) is 12.1 Å². The molecular formula is C23H24O6. The standard InChI is InChI=1S/C23H24O6/c1-10-23(4,5)15-19(27-10)12-8-9-22(2,3)29-18(12)14-16(25)11-6-7-13(24)17(26)20(11)28-21(14)15/h6-7,10,24,26H,8-9H2,1-5H3/t10-/m0/s1. The lowest BCUT2D eigenvalue weighted by atomic mass is 9.79. The molecule has 6 heteroatoms. The molecule has 0 unspecified atom stereocenters. The molecule has 0 amide bonds. The van der Waals surface area contributed by atoms with E-state index in [2.05, 4.69) is 13.8 Å². The van der Waals surface area contributed by atoms with E-state index in [1.807, 2.05) is 20.8 Å². The molecule has 0 bridgehead atoms. The largest absolute Gasteiger partial charge is 0.504 e. The number of phenolic OH excluding ortho intramolecular Hbond substituents is 2. The van der Waals surface area contributed by atoms with Crippen molar-refractivity contribution in [3.63, 3.8) is 0 Å². The van der Waals surface area contributed by atoms with Crippen LogP contribution in [0.15, 0.2) is 21.3 Å². The number of hydrogen-bond donors (Lipinski definition) is 2. The lowest BCUT2D eigenvalue weighted by Gasteiger charge is -2.34. The Kier molecular flexibility index (Phi) is 3.37. The zero-order chi connectivity index (χ0) is 20.9. The summed E-state index contributed by atoms with van der Waals surface area (Å²) < 4.78 is 18.7. The van der Waals surface area contributed by atoms with E-state index >= 15 is 0 Å². The van der Waals surface area contributed by atoms with Gasteiger partial charge >= 0.3 is 0 Å². The highest BCUT2D eigenvalue weighted by Gasteiger charge is 2.46. The van der Waals surface area contributed by atoms with Gasteiger partial charge in [0.2, 0.25) is 11.2 Å². The second-order valence-corrected chi connectivity index (χ2v) is 9.30. The van der Waals surface area contributed by atoms with Gasteiger partial charge in [-0.3, -0.25) is 4.79 Å². The summed E-state index contributed by atoms with van der Waals surface area (Å²) in [6, 6.07) is 2.76. The number of hydrogen-bond acceptors (Lipinski definition) is 6. The maximum absolute atomic E-state index is 13.6. The van der Waals surface area contributed by atoms with Crippen LogP contribution in [-0.2, 0) is 11.8 Å². The maximum atomic E-state index is 13.6. The Morgan fingerprint density at radius 2 is 1.79 bits per heavy atom. The highest BCUT2D eigenvalue weighted by molar-refractivity contribution is 6.00. The van der Waals surface area contributed by atoms with E-state index in [1.54, 1.807) is 0 Å². The van der Waals surface area contributed by atoms with E-state index in [4.69, 9.17) is 13.9 Å². The van der Waals surface area contributed by atoms with E-state index in [0.717, 1.165) is 24.0 Å². The van der Waals surface area contributed by atoms with Crippen molar-refractivity contribution < 1.29 is 24.1 Å². The van der Waals surface area contributed by atoms with Crippen LogP contribution in [0.4, 0.5) is 0 Å². The van der Waals surface area contributed by atoms with Gasteiger partial charge in [0, 0.05) is 16.5 Å². The van der Waals surface area contributed by atoms with Crippen molar-refractivity contribution >= 4 is 21.9 Å². The van der Waals surface area contributed by atoms with Crippen LogP contribution in [0.2, 0.25) is 0 Å². The van der Waals surface area contributed by atoms with Crippen molar-refractivity contribution in [1.29, 1.82) is 0 Å². The van der Waals surface area contributed by atoms with Crippen LogP contribution < -0.4 is 14.9 Å². The molecule has 0 aliphatic carbocycles. The predicted molar refractivity (Wildman–Crippen MR) is 109 cm³/mol. The molecule has 2 N–H and O–H groups in total. The zero-order valence-corrected chi connectivity index (χ0v) is 17.2. The summed E-state index contributed by atoms with van der Waals surface area (Å²) in [4.78, 5) is 13.6. The Morgan fingerprint density at radius 1 is 1.07 bits per heavy atom. The highest BCUT2D eigenvalue weighted by Crippen LogP contribution is 2.54. The van der Waals surface area contributed by atoms with Crippen LogP contribution in [0.3, 0.4) is 0 Å². The fourth-order valence-corrected chi connectivity index (χ4v) is 4.46. The minimum atomic E-state index is -0.445. The minimum absolute atomic E-state index is 0.0323. The first-order valence-corrected chi connectivity index (χ1v) is 9.89. The molecule has 1 aromatic heterocycles. The average molecular weight is 396 g/mol. The summed E-state index contributed by atoms with van der Waals surface area (Å²) >= 11 is 0. The Labute approximate surface area is 167 Å². The minimum Gasteiger partial charge on any atom is -0.504 e. The SMILES string of the molecule is C[C@@H]1Oc2c3c(c4c(=O)c5ccc(O)c(O)c5oc4c2C1(C)C)OC(C)(C)CC3. The lowest BCUT2D eigenvalue weighted by molar-refractivity contribution is 0.0849. The second kappa shape index (κ2) is 5.38. The molecule has 1 atom stereocenters. The number of fused-ring (bicyclic) bond motifs is 7. The molecule has 0 radical (unpaired) electrons. The Hall–Kier alpha value is -2.89. The van der Waals surface area contributed by atoms with Gasteiger partial charge in [-0.15, -0.1) is 0 Å². The molecule has 6 nitrogen and oxygen atoms in total. The van der Waals surface area contributed by atoms with E-state index in [-0.39, 0.29) is 28.3 Å². The molecule has 2 aliphatic heterocycles. The Bertz CT molecular complexity index is 1260. The summed E-state index contributed by atoms with van der Waals surface area (Å²) in [7, 11) is 0. The van der Waals surface area contributed by atoms with Crippen molar-refractivity contribution in [1.82, 2.24) is 0 Å². The first kappa shape index (κ1) is 18.2. The number of ether oxygens (including phenoxy) is 2. The van der Waals surface area contributed by atoms with Crippen LogP contribution in [0, 0.1) is 0 Å². The summed E-state index contributed by atoms with van der Waals surface area (Å²) in [5.74, 6) is 0.431. The van der Waals surface area contributed by atoms with Gasteiger partial charge in [0.25, 0.3) is 0 Å². The summed E-state index contributed by atoms with van der Waals surface area (Å²) in [6.07, 6.45) is 1.42. The number of phenols is 2. The number of rotatable bonds is 0. The molecular weight excluding hydrogens is 372 g/mol. The molecule has 0 saturated heterocycles. The fraction of sp³-hybridized carbons (Fsp3) is 0.435. The molecule has 5 rings (SSSR count). The third kappa shape index (κ3) is 2.26. The van der Waals surface area contributed by atoms with Gasteiger partial charge in [-0.1, -0.05) is 13.8 Å². The Morgan fingerprint density at radius 3 is 2.52 bits per heavy atom. The van der Waals surface area contributed by atoms with Gasteiger partial charge in [-0.2, -0.15) is 0 Å². The van der Waals surface area contributed by atoms with E-state index in [0.29, 0.717) is 22.5 Å². The van der Waals surface area contributed by atoms with Crippen molar-refractivity contribution in [2.24, 2.45) is 0 Å². The first-order valence-electron chi connectivity index (χ1n) is 9.89.